The van der Waals surface area contributed by atoms with Crippen molar-refractivity contribution in [2.75, 3.05) is 17.5 Å². The lowest BCUT2D eigenvalue weighted by atomic mass is 10.3. The lowest BCUT2D eigenvalue weighted by Crippen LogP contribution is -2.32. The topological polar surface area (TPSA) is 59.5 Å². The van der Waals surface area contributed by atoms with Crippen LogP contribution in [0.1, 0.15) is 12.1 Å². The Labute approximate surface area is 128 Å². The van der Waals surface area contributed by atoms with Gasteiger partial charge in [-0.15, -0.1) is 0 Å². The van der Waals surface area contributed by atoms with Crippen molar-refractivity contribution in [3.8, 4) is 5.75 Å². The van der Waals surface area contributed by atoms with Crippen LogP contribution >= 0.6 is 0 Å². The van der Waals surface area contributed by atoms with E-state index in [1.807, 2.05) is 0 Å². The second-order valence-corrected chi connectivity index (χ2v) is 6.77. The standard InChI is InChI=1S/C15H15FN2O3S/c1-11-12(16)7-8-15(17-11)22(19,20)18-9-4-10-21-14-6-3-2-5-13(14)18/h2-3,5-8H,4,9-10H2,1H3. The predicted octanol–water partition coefficient (Wildman–Crippen LogP) is 2.51. The summed E-state index contributed by atoms with van der Waals surface area (Å²) in [6.45, 7) is 2.17. The molecule has 0 amide bonds. The Kier molecular flexibility index (Phi) is 3.74. The van der Waals surface area contributed by atoms with E-state index in [1.54, 1.807) is 24.3 Å². The number of halogens is 1. The van der Waals surface area contributed by atoms with E-state index in [9.17, 15) is 12.8 Å². The van der Waals surface area contributed by atoms with E-state index >= 15 is 0 Å². The molecular formula is C15H15FN2O3S. The summed E-state index contributed by atoms with van der Waals surface area (Å²) >= 11 is 0. The van der Waals surface area contributed by atoms with Crippen molar-refractivity contribution in [2.45, 2.75) is 18.4 Å². The lowest BCUT2D eigenvalue weighted by Gasteiger charge is -2.23. The average Bonchev–Trinajstić information content (AvgIpc) is 2.72. The maximum absolute atomic E-state index is 13.3. The number of anilines is 1. The largest absolute Gasteiger partial charge is 0.491 e. The van der Waals surface area contributed by atoms with E-state index in [2.05, 4.69) is 4.98 Å². The second-order valence-electron chi connectivity index (χ2n) is 4.96. The molecule has 7 heteroatoms. The molecule has 1 aromatic carbocycles. The van der Waals surface area contributed by atoms with Gasteiger partial charge in [-0.25, -0.2) is 9.37 Å². The van der Waals surface area contributed by atoms with E-state index in [0.717, 1.165) is 6.07 Å². The van der Waals surface area contributed by atoms with Crippen molar-refractivity contribution in [3.05, 3.63) is 47.9 Å². The third-order valence-electron chi connectivity index (χ3n) is 3.45. The van der Waals surface area contributed by atoms with Crippen LogP contribution in [-0.4, -0.2) is 26.6 Å². The molecule has 1 aliphatic rings. The van der Waals surface area contributed by atoms with E-state index < -0.39 is 15.8 Å². The van der Waals surface area contributed by atoms with Gasteiger partial charge in [-0.2, -0.15) is 8.42 Å². The minimum Gasteiger partial charge on any atom is -0.491 e. The number of fused-ring (bicyclic) bond motifs is 1. The Balaban J connectivity index is 2.10. The maximum atomic E-state index is 13.3. The molecule has 0 radical (unpaired) electrons. The first-order valence-electron chi connectivity index (χ1n) is 6.88. The van der Waals surface area contributed by atoms with Gasteiger partial charge in [0.2, 0.25) is 0 Å². The van der Waals surface area contributed by atoms with Gasteiger partial charge in [0, 0.05) is 13.0 Å². The van der Waals surface area contributed by atoms with Gasteiger partial charge in [0.05, 0.1) is 18.0 Å². The zero-order valence-corrected chi connectivity index (χ0v) is 12.8. The first kappa shape index (κ1) is 14.8. The molecular weight excluding hydrogens is 307 g/mol. The summed E-state index contributed by atoms with van der Waals surface area (Å²) in [5, 5.41) is -0.164. The Morgan fingerprint density at radius 3 is 2.77 bits per heavy atom. The number of ether oxygens (including phenoxy) is 1. The van der Waals surface area contributed by atoms with Crippen molar-refractivity contribution in [1.29, 1.82) is 0 Å². The molecule has 116 valence electrons. The molecule has 0 aliphatic carbocycles. The number of hydrogen-bond donors (Lipinski definition) is 0. The molecule has 1 aliphatic heterocycles. The minimum absolute atomic E-state index is 0.0560. The van der Waals surface area contributed by atoms with Gasteiger partial charge in [-0.1, -0.05) is 12.1 Å². The third kappa shape index (κ3) is 2.52. The van der Waals surface area contributed by atoms with Crippen LogP contribution in [0.15, 0.2) is 41.4 Å². The summed E-state index contributed by atoms with van der Waals surface area (Å²) in [6, 6.07) is 9.26. The monoisotopic (exact) mass is 322 g/mol. The van der Waals surface area contributed by atoms with Crippen LogP contribution in [-0.2, 0) is 10.0 Å². The van der Waals surface area contributed by atoms with Crippen molar-refractivity contribution in [1.82, 2.24) is 4.98 Å². The molecule has 1 aromatic heterocycles. The summed E-state index contributed by atoms with van der Waals surface area (Å²) in [7, 11) is -3.86. The molecule has 5 nitrogen and oxygen atoms in total. The highest BCUT2D eigenvalue weighted by molar-refractivity contribution is 7.92. The Hall–Kier alpha value is -2.15. The fraction of sp³-hybridized carbons (Fsp3) is 0.267. The van der Waals surface area contributed by atoms with Gasteiger partial charge in [0.25, 0.3) is 10.0 Å². The number of pyridine rings is 1. The van der Waals surface area contributed by atoms with Gasteiger partial charge in [-0.3, -0.25) is 4.31 Å². The van der Waals surface area contributed by atoms with E-state index in [0.29, 0.717) is 24.5 Å². The van der Waals surface area contributed by atoms with Crippen LogP contribution in [0.2, 0.25) is 0 Å². The molecule has 2 aromatic rings. The number of sulfonamides is 1. The SMILES string of the molecule is Cc1nc(S(=O)(=O)N2CCCOc3ccccc32)ccc1F. The molecule has 0 atom stereocenters. The summed E-state index contributed by atoms with van der Waals surface area (Å²) in [5.41, 5.74) is 0.532. The van der Waals surface area contributed by atoms with Crippen LogP contribution in [0.3, 0.4) is 0 Å². The predicted molar refractivity (Wildman–Crippen MR) is 80.0 cm³/mol. The molecule has 0 saturated carbocycles. The van der Waals surface area contributed by atoms with Crippen LogP contribution < -0.4 is 9.04 Å². The first-order chi connectivity index (χ1) is 10.5. The summed E-state index contributed by atoms with van der Waals surface area (Å²) in [6.07, 6.45) is 0.564. The smallest absolute Gasteiger partial charge is 0.281 e. The third-order valence-corrected chi connectivity index (χ3v) is 5.16. The number of aryl methyl sites for hydroxylation is 1. The summed E-state index contributed by atoms with van der Waals surface area (Å²) < 4.78 is 45.9. The van der Waals surface area contributed by atoms with E-state index in [1.165, 1.54) is 17.3 Å². The lowest BCUT2D eigenvalue weighted by molar-refractivity contribution is 0.322. The highest BCUT2D eigenvalue weighted by Gasteiger charge is 2.30. The Morgan fingerprint density at radius 1 is 1.23 bits per heavy atom. The van der Waals surface area contributed by atoms with Crippen molar-refractivity contribution < 1.29 is 17.5 Å². The number of hydrogen-bond acceptors (Lipinski definition) is 4. The molecule has 0 spiro atoms. The van der Waals surface area contributed by atoms with Crippen LogP contribution in [0, 0.1) is 12.7 Å². The van der Waals surface area contributed by atoms with E-state index in [4.69, 9.17) is 4.74 Å². The summed E-state index contributed by atoms with van der Waals surface area (Å²) in [5.74, 6) is -0.0130. The number of nitrogens with zero attached hydrogens (tertiary/aromatic N) is 2. The number of aromatic nitrogens is 1. The van der Waals surface area contributed by atoms with Gasteiger partial charge in [0.1, 0.15) is 11.6 Å². The highest BCUT2D eigenvalue weighted by atomic mass is 32.2. The highest BCUT2D eigenvalue weighted by Crippen LogP contribution is 2.34. The van der Waals surface area contributed by atoms with Crippen LogP contribution in [0.5, 0.6) is 5.75 Å². The summed E-state index contributed by atoms with van der Waals surface area (Å²) in [4.78, 5) is 3.88. The molecule has 0 unspecified atom stereocenters. The second kappa shape index (κ2) is 5.57. The van der Waals surface area contributed by atoms with Crippen molar-refractivity contribution >= 4 is 15.7 Å². The van der Waals surface area contributed by atoms with Crippen molar-refractivity contribution in [2.24, 2.45) is 0 Å². The normalized spacial score (nSPS) is 14.9. The van der Waals surface area contributed by atoms with Gasteiger partial charge in [-0.05, 0) is 31.2 Å². The quantitative estimate of drug-likeness (QED) is 0.852. The molecule has 22 heavy (non-hydrogen) atoms. The number of para-hydroxylation sites is 2. The van der Waals surface area contributed by atoms with Gasteiger partial charge < -0.3 is 4.74 Å². The fourth-order valence-electron chi connectivity index (χ4n) is 2.32. The maximum Gasteiger partial charge on any atom is 0.281 e. The molecule has 0 fully saturated rings. The molecule has 0 N–H and O–H groups in total. The molecule has 2 heterocycles. The Morgan fingerprint density at radius 2 is 2.00 bits per heavy atom. The van der Waals surface area contributed by atoms with Gasteiger partial charge in [0.15, 0.2) is 5.03 Å². The zero-order chi connectivity index (χ0) is 15.7. The molecule has 0 bridgehead atoms. The molecule has 3 rings (SSSR count). The zero-order valence-electron chi connectivity index (χ0n) is 12.0. The average molecular weight is 322 g/mol. The van der Waals surface area contributed by atoms with E-state index in [-0.39, 0.29) is 17.3 Å². The van der Waals surface area contributed by atoms with Crippen LogP contribution in [0.4, 0.5) is 10.1 Å². The molecule has 0 saturated heterocycles. The number of rotatable bonds is 2. The Bertz CT molecular complexity index is 808. The fourth-order valence-corrected chi connectivity index (χ4v) is 3.82. The first-order valence-corrected chi connectivity index (χ1v) is 8.32. The minimum atomic E-state index is -3.86. The van der Waals surface area contributed by atoms with Crippen LogP contribution in [0.25, 0.3) is 0 Å². The van der Waals surface area contributed by atoms with Gasteiger partial charge >= 0.3 is 0 Å². The number of benzene rings is 1. The van der Waals surface area contributed by atoms with Crippen molar-refractivity contribution in [3.63, 3.8) is 0 Å².